The van der Waals surface area contributed by atoms with E-state index in [1.807, 2.05) is 0 Å². The number of aliphatic hydroxyl groups excluding tert-OH is 2. The van der Waals surface area contributed by atoms with E-state index in [9.17, 15) is 0 Å². The van der Waals surface area contributed by atoms with Gasteiger partial charge in [-0.1, -0.05) is 12.8 Å². The topological polar surface area (TPSA) is 40.5 Å². The third-order valence-electron chi connectivity index (χ3n) is 9.32. The number of hydrogen-bond acceptors (Lipinski definition) is 2. The second-order valence-electron chi connectivity index (χ2n) is 11.9. The molecule has 0 bridgehead atoms. The van der Waals surface area contributed by atoms with Crippen LogP contribution in [0.2, 0.25) is 0 Å². The number of allylic oxidation sites excluding steroid dienone is 2. The fourth-order valence-corrected chi connectivity index (χ4v) is 12.3. The van der Waals surface area contributed by atoms with Gasteiger partial charge in [-0.25, -0.2) is 0 Å². The molecule has 0 saturated heterocycles. The van der Waals surface area contributed by atoms with Crippen molar-refractivity contribution in [2.45, 2.75) is 71.8 Å². The van der Waals surface area contributed by atoms with Gasteiger partial charge < -0.3 is 10.2 Å². The molecule has 2 nitrogen and oxygen atoms in total. The van der Waals surface area contributed by atoms with E-state index in [2.05, 4.69) is 123 Å². The third kappa shape index (κ3) is 6.37. The van der Waals surface area contributed by atoms with E-state index in [1.165, 1.54) is 33.4 Å². The standard InChI is InChI=1S/2C17H15.C6H12O2.Zr/c2*1-2-13-11-15-9-6-10-16(17(15)12-13)14-7-4-3-5-8-14;7-5-3-1-2-4-6(5)8;/h2*3-12H,2H2,1H3;5-8H,1-4H2;. The summed E-state index contributed by atoms with van der Waals surface area (Å²) >= 11 is -0.867. The van der Waals surface area contributed by atoms with Gasteiger partial charge in [0.15, 0.2) is 0 Å². The predicted octanol–water partition coefficient (Wildman–Crippen LogP) is 9.78. The van der Waals surface area contributed by atoms with Crippen molar-refractivity contribution in [3.63, 3.8) is 0 Å². The first-order chi connectivity index (χ1) is 21.1. The first kappa shape index (κ1) is 30.2. The van der Waals surface area contributed by atoms with E-state index >= 15 is 0 Å². The fraction of sp³-hybridized carbons (Fsp3) is 0.300. The summed E-state index contributed by atoms with van der Waals surface area (Å²) in [5.74, 6) is 0. The Hall–Kier alpha value is -2.84. The molecule has 1 saturated carbocycles. The SMILES string of the molecule is CCC1=Cc2c(-c3ccccc3)cccc2[CH]1[Zr][CH]1C(CC)=Cc2c(-c3ccccc3)cccc21.OC1CCCCC1O. The maximum Gasteiger partial charge on any atom is 0.0799 e. The number of fused-ring (bicyclic) bond motifs is 2. The van der Waals surface area contributed by atoms with Crippen molar-refractivity contribution in [2.24, 2.45) is 0 Å². The zero-order valence-corrected chi connectivity index (χ0v) is 27.8. The number of hydrogen-bond donors (Lipinski definition) is 2. The number of rotatable bonds is 6. The monoisotopic (exact) mass is 644 g/mol. The van der Waals surface area contributed by atoms with Gasteiger partial charge >= 0.3 is 222 Å². The summed E-state index contributed by atoms with van der Waals surface area (Å²) < 4.78 is 1.29. The van der Waals surface area contributed by atoms with Crippen molar-refractivity contribution >= 4 is 12.2 Å². The van der Waals surface area contributed by atoms with Crippen LogP contribution in [0.4, 0.5) is 0 Å². The number of aliphatic hydroxyl groups is 2. The van der Waals surface area contributed by atoms with Gasteiger partial charge in [0.1, 0.15) is 0 Å². The minimum absolute atomic E-state index is 0.441. The molecule has 4 aromatic rings. The second-order valence-corrected chi connectivity index (χ2v) is 15.6. The molecule has 4 unspecified atom stereocenters. The smallest absolute Gasteiger partial charge is 0.0799 e. The summed E-state index contributed by atoms with van der Waals surface area (Å²) in [6.07, 6.45) is 10.2. The van der Waals surface area contributed by atoms with E-state index in [0.29, 0.717) is 7.25 Å². The van der Waals surface area contributed by atoms with E-state index in [4.69, 9.17) is 10.2 Å². The van der Waals surface area contributed by atoms with Gasteiger partial charge in [0.05, 0.1) is 12.2 Å². The summed E-state index contributed by atoms with van der Waals surface area (Å²) in [7, 11) is 0. The summed E-state index contributed by atoms with van der Waals surface area (Å²) in [5.41, 5.74) is 14.8. The van der Waals surface area contributed by atoms with Gasteiger partial charge in [-0.2, -0.15) is 0 Å². The van der Waals surface area contributed by atoms with Gasteiger partial charge in [-0.3, -0.25) is 0 Å². The average Bonchev–Trinajstić information content (AvgIpc) is 3.61. The van der Waals surface area contributed by atoms with Crippen LogP contribution >= 0.6 is 0 Å². The van der Waals surface area contributed by atoms with Crippen LogP contribution in [0.25, 0.3) is 34.4 Å². The van der Waals surface area contributed by atoms with Crippen LogP contribution in [0.1, 0.15) is 81.9 Å². The quantitative estimate of drug-likeness (QED) is 0.219. The zero-order chi connectivity index (χ0) is 29.8. The molecule has 3 aliphatic carbocycles. The van der Waals surface area contributed by atoms with Crippen LogP contribution in [-0.2, 0) is 23.2 Å². The predicted molar refractivity (Wildman–Crippen MR) is 176 cm³/mol. The first-order valence-corrected chi connectivity index (χ1v) is 18.8. The summed E-state index contributed by atoms with van der Waals surface area (Å²) in [4.78, 5) is 0. The minimum Gasteiger partial charge on any atom is -0.390 e. The zero-order valence-electron chi connectivity index (χ0n) is 25.3. The van der Waals surface area contributed by atoms with Gasteiger partial charge in [-0.05, 0) is 12.8 Å². The van der Waals surface area contributed by atoms with Crippen molar-refractivity contribution in [3.8, 4) is 22.3 Å². The second kappa shape index (κ2) is 13.9. The Morgan fingerprint density at radius 1 is 0.558 bits per heavy atom. The molecule has 0 spiro atoms. The third-order valence-corrected chi connectivity index (χ3v) is 14.3. The van der Waals surface area contributed by atoms with E-state index in [0.717, 1.165) is 38.5 Å². The first-order valence-electron chi connectivity index (χ1n) is 16.0. The van der Waals surface area contributed by atoms with E-state index in [-0.39, 0.29) is 0 Å². The molecule has 1 fully saturated rings. The molecule has 2 N–H and O–H groups in total. The Kier molecular flexibility index (Phi) is 9.73. The molecule has 3 aliphatic rings. The van der Waals surface area contributed by atoms with Crippen LogP contribution in [-0.4, -0.2) is 22.4 Å². The maximum absolute atomic E-state index is 8.93. The van der Waals surface area contributed by atoms with Crippen molar-refractivity contribution in [3.05, 3.63) is 130 Å². The maximum atomic E-state index is 8.93. The largest absolute Gasteiger partial charge is 0.390 e. The van der Waals surface area contributed by atoms with E-state index < -0.39 is 35.4 Å². The van der Waals surface area contributed by atoms with Crippen LogP contribution in [0.3, 0.4) is 0 Å². The van der Waals surface area contributed by atoms with Crippen LogP contribution < -0.4 is 0 Å². The minimum atomic E-state index is -0.867. The molecular formula is C40H42O2Zr. The van der Waals surface area contributed by atoms with Gasteiger partial charge in [0, 0.05) is 0 Å². The Labute approximate surface area is 268 Å². The molecule has 218 valence electrons. The molecule has 0 aliphatic heterocycles. The van der Waals surface area contributed by atoms with Crippen molar-refractivity contribution in [1.82, 2.24) is 0 Å². The Balaban J connectivity index is 0.000000359. The molecular weight excluding hydrogens is 604 g/mol. The average molecular weight is 646 g/mol. The molecule has 43 heavy (non-hydrogen) atoms. The molecule has 0 aromatic heterocycles. The van der Waals surface area contributed by atoms with Crippen LogP contribution in [0.5, 0.6) is 0 Å². The molecule has 0 heterocycles. The Bertz CT molecular complexity index is 1480. The molecule has 0 amide bonds. The van der Waals surface area contributed by atoms with Crippen LogP contribution in [0, 0.1) is 0 Å². The fourth-order valence-electron chi connectivity index (χ4n) is 6.93. The number of benzene rings is 4. The molecule has 0 radical (unpaired) electrons. The molecule has 4 atom stereocenters. The van der Waals surface area contributed by atoms with Gasteiger partial charge in [0.25, 0.3) is 0 Å². The van der Waals surface area contributed by atoms with Gasteiger partial charge in [-0.15, -0.1) is 0 Å². The molecule has 4 aromatic carbocycles. The van der Waals surface area contributed by atoms with Gasteiger partial charge in [0.2, 0.25) is 0 Å². The van der Waals surface area contributed by atoms with Crippen molar-refractivity contribution in [2.75, 3.05) is 0 Å². The summed E-state index contributed by atoms with van der Waals surface area (Å²) in [6.45, 7) is 4.69. The Morgan fingerprint density at radius 2 is 0.977 bits per heavy atom. The molecule has 7 rings (SSSR count). The van der Waals surface area contributed by atoms with Crippen LogP contribution in [0.15, 0.2) is 108 Å². The summed E-state index contributed by atoms with van der Waals surface area (Å²) in [5, 5.41) is 17.9. The van der Waals surface area contributed by atoms with Crippen molar-refractivity contribution < 1.29 is 33.4 Å². The molecule has 3 heteroatoms. The normalized spacial score (nSPS) is 22.0. The van der Waals surface area contributed by atoms with Crippen molar-refractivity contribution in [1.29, 1.82) is 0 Å². The Morgan fingerprint density at radius 3 is 1.35 bits per heavy atom. The summed E-state index contributed by atoms with van der Waals surface area (Å²) in [6, 6.07) is 35.8. The van der Waals surface area contributed by atoms with E-state index in [1.54, 1.807) is 22.3 Å².